The van der Waals surface area contributed by atoms with Crippen LogP contribution in [0.5, 0.6) is 5.75 Å². The highest BCUT2D eigenvalue weighted by molar-refractivity contribution is 5.58. The maximum absolute atomic E-state index is 5.13. The largest absolute Gasteiger partial charge is 0.497 e. The Morgan fingerprint density at radius 2 is 2.00 bits per heavy atom. The van der Waals surface area contributed by atoms with Crippen LogP contribution < -0.4 is 4.74 Å². The van der Waals surface area contributed by atoms with Crippen LogP contribution in [0.1, 0.15) is 12.7 Å². The van der Waals surface area contributed by atoms with E-state index in [2.05, 4.69) is 20.3 Å². The van der Waals surface area contributed by atoms with E-state index in [1.807, 2.05) is 31.2 Å². The second-order valence-corrected chi connectivity index (χ2v) is 3.91. The molecular weight excluding hydrogens is 230 g/mol. The Kier molecular flexibility index (Phi) is 2.47. The molecule has 0 aliphatic rings. The fourth-order valence-electron chi connectivity index (χ4n) is 1.83. The van der Waals surface area contributed by atoms with Crippen molar-refractivity contribution in [2.75, 3.05) is 7.11 Å². The van der Waals surface area contributed by atoms with Gasteiger partial charge in [0.25, 0.3) is 5.78 Å². The van der Waals surface area contributed by atoms with Crippen LogP contribution in [0.15, 0.2) is 24.3 Å². The highest BCUT2D eigenvalue weighted by Gasteiger charge is 2.10. The van der Waals surface area contributed by atoms with Gasteiger partial charge in [-0.05, 0) is 24.3 Å². The van der Waals surface area contributed by atoms with Crippen molar-refractivity contribution in [3.05, 3.63) is 30.1 Å². The summed E-state index contributed by atoms with van der Waals surface area (Å²) in [5.74, 6) is 3.07. The number of ether oxygens (including phenoxy) is 1. The number of hydrogen-bond acceptors (Lipinski definition) is 4. The molecule has 0 aliphatic carbocycles. The molecule has 0 aliphatic heterocycles. The SMILES string of the molecule is CCc1nnc2nc(-c3ccc(OC)cc3)[nH]n12. The predicted molar refractivity (Wildman–Crippen MR) is 66.5 cm³/mol. The van der Waals surface area contributed by atoms with Crippen molar-refractivity contribution < 1.29 is 4.74 Å². The van der Waals surface area contributed by atoms with Gasteiger partial charge in [-0.1, -0.05) is 6.92 Å². The van der Waals surface area contributed by atoms with Crippen molar-refractivity contribution in [1.82, 2.24) is 24.8 Å². The number of hydrogen-bond donors (Lipinski definition) is 1. The number of fused-ring (bicyclic) bond motifs is 1. The second kappa shape index (κ2) is 4.14. The van der Waals surface area contributed by atoms with E-state index in [0.29, 0.717) is 5.78 Å². The summed E-state index contributed by atoms with van der Waals surface area (Å²) in [6.07, 6.45) is 0.811. The zero-order valence-corrected chi connectivity index (χ0v) is 10.2. The van der Waals surface area contributed by atoms with Gasteiger partial charge in [-0.15, -0.1) is 10.2 Å². The Morgan fingerprint density at radius 1 is 1.22 bits per heavy atom. The number of methoxy groups -OCH3 is 1. The first-order valence-corrected chi connectivity index (χ1v) is 5.76. The zero-order chi connectivity index (χ0) is 12.5. The van der Waals surface area contributed by atoms with Gasteiger partial charge in [-0.25, -0.2) is 4.52 Å². The summed E-state index contributed by atoms with van der Waals surface area (Å²) in [6, 6.07) is 7.71. The van der Waals surface area contributed by atoms with E-state index < -0.39 is 0 Å². The summed E-state index contributed by atoms with van der Waals surface area (Å²) in [6.45, 7) is 2.03. The molecule has 0 atom stereocenters. The summed E-state index contributed by atoms with van der Waals surface area (Å²) < 4.78 is 6.93. The number of aromatic amines is 1. The first-order chi connectivity index (χ1) is 8.81. The number of nitrogens with zero attached hydrogens (tertiary/aromatic N) is 4. The van der Waals surface area contributed by atoms with Crippen molar-refractivity contribution >= 4 is 5.78 Å². The summed E-state index contributed by atoms with van der Waals surface area (Å²) in [5.41, 5.74) is 0.989. The van der Waals surface area contributed by atoms with Crippen LogP contribution in [0.2, 0.25) is 0 Å². The van der Waals surface area contributed by atoms with Gasteiger partial charge in [0.15, 0.2) is 11.6 Å². The third-order valence-corrected chi connectivity index (χ3v) is 2.82. The lowest BCUT2D eigenvalue weighted by molar-refractivity contribution is 0.415. The van der Waals surface area contributed by atoms with E-state index in [1.165, 1.54) is 0 Å². The molecular formula is C12H13N5O. The topological polar surface area (TPSA) is 68.1 Å². The Labute approximate surface area is 104 Å². The lowest BCUT2D eigenvalue weighted by Gasteiger charge is -2.00. The minimum absolute atomic E-state index is 0.595. The fourth-order valence-corrected chi connectivity index (χ4v) is 1.83. The van der Waals surface area contributed by atoms with Gasteiger partial charge in [0.05, 0.1) is 7.11 Å². The second-order valence-electron chi connectivity index (χ2n) is 3.91. The smallest absolute Gasteiger partial charge is 0.272 e. The van der Waals surface area contributed by atoms with Crippen LogP contribution in [0.25, 0.3) is 17.2 Å². The van der Waals surface area contributed by atoms with Crippen molar-refractivity contribution in [3.63, 3.8) is 0 Å². The molecule has 1 aromatic carbocycles. The Morgan fingerprint density at radius 3 is 2.67 bits per heavy atom. The van der Waals surface area contributed by atoms with Crippen LogP contribution in [-0.4, -0.2) is 31.9 Å². The van der Waals surface area contributed by atoms with Crippen LogP contribution >= 0.6 is 0 Å². The highest BCUT2D eigenvalue weighted by Crippen LogP contribution is 2.19. The summed E-state index contributed by atoms with van der Waals surface area (Å²) in [4.78, 5) is 4.40. The standard InChI is InChI=1S/C12H13N5O/c1-3-10-14-15-12-13-11(16-17(10)12)8-4-6-9(18-2)7-5-8/h4-7H,3H2,1-2H3,(H,13,15,16). The van der Waals surface area contributed by atoms with Gasteiger partial charge in [0.2, 0.25) is 0 Å². The van der Waals surface area contributed by atoms with E-state index in [9.17, 15) is 0 Å². The number of nitrogens with one attached hydrogen (secondary N) is 1. The summed E-state index contributed by atoms with van der Waals surface area (Å²) >= 11 is 0. The van der Waals surface area contributed by atoms with Gasteiger partial charge >= 0.3 is 0 Å². The van der Waals surface area contributed by atoms with Crippen LogP contribution in [-0.2, 0) is 6.42 Å². The lowest BCUT2D eigenvalue weighted by atomic mass is 10.2. The molecule has 0 bridgehead atoms. The number of H-pyrrole nitrogens is 1. The predicted octanol–water partition coefficient (Wildman–Crippen LogP) is 1.69. The van der Waals surface area contributed by atoms with Crippen molar-refractivity contribution in [2.45, 2.75) is 13.3 Å². The first-order valence-electron chi connectivity index (χ1n) is 5.76. The Hall–Kier alpha value is -2.37. The summed E-state index contributed by atoms with van der Waals surface area (Å²) in [5, 5.41) is 11.2. The molecule has 2 heterocycles. The van der Waals surface area contributed by atoms with Crippen molar-refractivity contribution in [3.8, 4) is 17.1 Å². The maximum Gasteiger partial charge on any atom is 0.272 e. The number of benzene rings is 1. The van der Waals surface area contributed by atoms with Gasteiger partial charge in [-0.3, -0.25) is 5.10 Å². The van der Waals surface area contributed by atoms with E-state index in [4.69, 9.17) is 4.74 Å². The minimum atomic E-state index is 0.595. The molecule has 0 saturated carbocycles. The van der Waals surface area contributed by atoms with Gasteiger partial charge < -0.3 is 4.74 Å². The van der Waals surface area contributed by atoms with Crippen LogP contribution in [0.3, 0.4) is 0 Å². The van der Waals surface area contributed by atoms with E-state index in [1.54, 1.807) is 11.6 Å². The Balaban J connectivity index is 2.04. The molecule has 0 spiro atoms. The van der Waals surface area contributed by atoms with Crippen LogP contribution in [0, 0.1) is 0 Å². The third-order valence-electron chi connectivity index (χ3n) is 2.82. The van der Waals surface area contributed by atoms with Gasteiger partial charge in [0.1, 0.15) is 5.75 Å². The average Bonchev–Trinajstić information content (AvgIpc) is 2.98. The quantitative estimate of drug-likeness (QED) is 0.760. The van der Waals surface area contributed by atoms with E-state index in [-0.39, 0.29) is 0 Å². The van der Waals surface area contributed by atoms with E-state index in [0.717, 1.165) is 29.4 Å². The molecule has 3 aromatic rings. The molecule has 92 valence electrons. The van der Waals surface area contributed by atoms with Gasteiger partial charge in [-0.2, -0.15) is 4.98 Å². The maximum atomic E-state index is 5.13. The molecule has 6 heteroatoms. The summed E-state index contributed by atoms with van der Waals surface area (Å²) in [7, 11) is 1.65. The fraction of sp³-hybridized carbons (Fsp3) is 0.250. The Bertz CT molecular complexity index is 667. The molecule has 0 fully saturated rings. The minimum Gasteiger partial charge on any atom is -0.497 e. The number of rotatable bonds is 3. The molecule has 0 amide bonds. The monoisotopic (exact) mass is 243 g/mol. The van der Waals surface area contributed by atoms with Crippen molar-refractivity contribution in [1.29, 1.82) is 0 Å². The third kappa shape index (κ3) is 1.62. The zero-order valence-electron chi connectivity index (χ0n) is 10.2. The van der Waals surface area contributed by atoms with E-state index >= 15 is 0 Å². The molecule has 1 N–H and O–H groups in total. The van der Waals surface area contributed by atoms with Crippen LogP contribution in [0.4, 0.5) is 0 Å². The lowest BCUT2D eigenvalue weighted by Crippen LogP contribution is -1.93. The molecule has 0 saturated heterocycles. The molecule has 3 rings (SSSR count). The average molecular weight is 243 g/mol. The molecule has 0 radical (unpaired) electrons. The molecule has 2 aromatic heterocycles. The highest BCUT2D eigenvalue weighted by atomic mass is 16.5. The molecule has 0 unspecified atom stereocenters. The number of aromatic nitrogens is 5. The molecule has 6 nitrogen and oxygen atoms in total. The first kappa shape index (κ1) is 10.8. The van der Waals surface area contributed by atoms with Gasteiger partial charge in [0, 0.05) is 12.0 Å². The van der Waals surface area contributed by atoms with Crippen molar-refractivity contribution in [2.24, 2.45) is 0 Å². The normalized spacial score (nSPS) is 11.0. The number of aryl methyl sites for hydroxylation is 1. The molecule has 18 heavy (non-hydrogen) atoms.